The lowest BCUT2D eigenvalue weighted by molar-refractivity contribution is 0.204. The van der Waals surface area contributed by atoms with E-state index in [4.69, 9.17) is 10.1 Å². The highest BCUT2D eigenvalue weighted by molar-refractivity contribution is 5.57. The lowest BCUT2D eigenvalue weighted by atomic mass is 10.1. The number of nitrogens with zero attached hydrogens (tertiary/aromatic N) is 4. The number of hydrogen-bond donors (Lipinski definition) is 1. The highest BCUT2D eigenvalue weighted by Gasteiger charge is 2.22. The fourth-order valence-corrected chi connectivity index (χ4v) is 3.33. The molecule has 3 rings (SSSR count). The van der Waals surface area contributed by atoms with Gasteiger partial charge in [-0.2, -0.15) is 5.26 Å². The first-order valence-electron chi connectivity index (χ1n) is 7.83. The molecule has 0 bridgehead atoms. The third-order valence-corrected chi connectivity index (χ3v) is 4.46. The van der Waals surface area contributed by atoms with Crippen LogP contribution in [-0.4, -0.2) is 54.3 Å². The van der Waals surface area contributed by atoms with E-state index in [0.29, 0.717) is 5.56 Å². The Morgan fingerprint density at radius 3 is 2.90 bits per heavy atom. The standard InChI is InChI=1S/C16H22N4O/c17-12-14-11-13-3-1-4-15(13)18-16(14)20-6-2-5-19(7-8-20)9-10-21/h11,21H,1-10H2. The van der Waals surface area contributed by atoms with Crippen LogP contribution in [0.5, 0.6) is 0 Å². The minimum Gasteiger partial charge on any atom is -0.395 e. The molecule has 0 unspecified atom stereocenters. The molecule has 0 amide bonds. The van der Waals surface area contributed by atoms with Crippen LogP contribution in [0.2, 0.25) is 0 Å². The number of anilines is 1. The second-order valence-corrected chi connectivity index (χ2v) is 5.84. The van der Waals surface area contributed by atoms with Crippen LogP contribution >= 0.6 is 0 Å². The quantitative estimate of drug-likeness (QED) is 0.896. The van der Waals surface area contributed by atoms with Gasteiger partial charge in [0.05, 0.1) is 12.2 Å². The Hall–Kier alpha value is -1.64. The first kappa shape index (κ1) is 14.3. The molecule has 1 aliphatic heterocycles. The second-order valence-electron chi connectivity index (χ2n) is 5.84. The summed E-state index contributed by atoms with van der Waals surface area (Å²) in [6.07, 6.45) is 4.30. The van der Waals surface area contributed by atoms with E-state index >= 15 is 0 Å². The maximum atomic E-state index is 9.43. The smallest absolute Gasteiger partial charge is 0.146 e. The normalized spacial score (nSPS) is 19.1. The average molecular weight is 286 g/mol. The predicted molar refractivity (Wildman–Crippen MR) is 81.3 cm³/mol. The molecule has 0 aromatic carbocycles. The molecule has 0 radical (unpaired) electrons. The molecule has 1 fully saturated rings. The zero-order chi connectivity index (χ0) is 14.7. The van der Waals surface area contributed by atoms with Crippen LogP contribution in [0.3, 0.4) is 0 Å². The Balaban J connectivity index is 1.81. The Morgan fingerprint density at radius 1 is 1.19 bits per heavy atom. The average Bonchev–Trinajstić information content (AvgIpc) is 2.84. The number of nitriles is 1. The number of pyridine rings is 1. The van der Waals surface area contributed by atoms with Crippen molar-refractivity contribution in [1.82, 2.24) is 9.88 Å². The molecule has 21 heavy (non-hydrogen) atoms. The highest BCUT2D eigenvalue weighted by atomic mass is 16.3. The summed E-state index contributed by atoms with van der Waals surface area (Å²) in [6, 6.07) is 4.36. The van der Waals surface area contributed by atoms with Gasteiger partial charge in [-0.05, 0) is 43.9 Å². The van der Waals surface area contributed by atoms with Crippen molar-refractivity contribution in [3.8, 4) is 6.07 Å². The summed E-state index contributed by atoms with van der Waals surface area (Å²) in [7, 11) is 0. The topological polar surface area (TPSA) is 63.4 Å². The molecule has 5 heteroatoms. The molecule has 1 aliphatic carbocycles. The van der Waals surface area contributed by atoms with Crippen molar-refractivity contribution in [2.24, 2.45) is 0 Å². The molecular formula is C16H22N4O. The first-order valence-corrected chi connectivity index (χ1v) is 7.83. The molecule has 112 valence electrons. The zero-order valence-corrected chi connectivity index (χ0v) is 12.4. The van der Waals surface area contributed by atoms with Gasteiger partial charge in [-0.3, -0.25) is 4.90 Å². The number of fused-ring (bicyclic) bond motifs is 1. The monoisotopic (exact) mass is 286 g/mol. The maximum absolute atomic E-state index is 9.43. The number of aromatic nitrogens is 1. The first-order chi connectivity index (χ1) is 10.3. The van der Waals surface area contributed by atoms with E-state index in [9.17, 15) is 5.26 Å². The summed E-state index contributed by atoms with van der Waals surface area (Å²) in [6.45, 7) is 4.67. The molecule has 2 heterocycles. The highest BCUT2D eigenvalue weighted by Crippen LogP contribution is 2.27. The van der Waals surface area contributed by atoms with E-state index in [0.717, 1.165) is 64.2 Å². The predicted octanol–water partition coefficient (Wildman–Crippen LogP) is 0.946. The van der Waals surface area contributed by atoms with Gasteiger partial charge in [0.1, 0.15) is 11.9 Å². The van der Waals surface area contributed by atoms with Gasteiger partial charge in [0.2, 0.25) is 0 Å². The molecule has 1 aromatic rings. The molecule has 0 atom stereocenters. The number of β-amino-alcohol motifs (C(OH)–C–C–N with tert-alkyl or cyclic N) is 1. The van der Waals surface area contributed by atoms with E-state index in [1.807, 2.05) is 6.07 Å². The largest absolute Gasteiger partial charge is 0.395 e. The van der Waals surface area contributed by atoms with Crippen LogP contribution in [0.4, 0.5) is 5.82 Å². The van der Waals surface area contributed by atoms with E-state index in [2.05, 4.69) is 15.9 Å². The Morgan fingerprint density at radius 2 is 2.10 bits per heavy atom. The van der Waals surface area contributed by atoms with Gasteiger partial charge in [0.25, 0.3) is 0 Å². The van der Waals surface area contributed by atoms with Gasteiger partial charge in [0, 0.05) is 31.9 Å². The van der Waals surface area contributed by atoms with Crippen molar-refractivity contribution in [3.05, 3.63) is 22.9 Å². The van der Waals surface area contributed by atoms with E-state index in [1.54, 1.807) is 0 Å². The van der Waals surface area contributed by atoms with E-state index < -0.39 is 0 Å². The van der Waals surface area contributed by atoms with Gasteiger partial charge < -0.3 is 10.0 Å². The fourth-order valence-electron chi connectivity index (χ4n) is 3.33. The van der Waals surface area contributed by atoms with Crippen molar-refractivity contribution in [2.75, 3.05) is 44.2 Å². The van der Waals surface area contributed by atoms with Crippen LogP contribution in [0.1, 0.15) is 29.7 Å². The number of rotatable bonds is 3. The SMILES string of the molecule is N#Cc1cc2c(nc1N1CCCN(CCO)CC1)CCC2. The Kier molecular flexibility index (Phi) is 4.37. The third-order valence-electron chi connectivity index (χ3n) is 4.46. The molecular weight excluding hydrogens is 264 g/mol. The fraction of sp³-hybridized carbons (Fsp3) is 0.625. The summed E-state index contributed by atoms with van der Waals surface area (Å²) in [5.74, 6) is 0.865. The van der Waals surface area contributed by atoms with E-state index in [-0.39, 0.29) is 6.61 Å². The Bertz CT molecular complexity index is 552. The van der Waals surface area contributed by atoms with Crippen molar-refractivity contribution < 1.29 is 5.11 Å². The number of hydrogen-bond acceptors (Lipinski definition) is 5. The lowest BCUT2D eigenvalue weighted by Gasteiger charge is -2.24. The van der Waals surface area contributed by atoms with Gasteiger partial charge in [-0.15, -0.1) is 0 Å². The van der Waals surface area contributed by atoms with Gasteiger partial charge >= 0.3 is 0 Å². The van der Waals surface area contributed by atoms with Crippen molar-refractivity contribution in [2.45, 2.75) is 25.7 Å². The van der Waals surface area contributed by atoms with Crippen LogP contribution in [-0.2, 0) is 12.8 Å². The van der Waals surface area contributed by atoms with Gasteiger partial charge in [0.15, 0.2) is 0 Å². The van der Waals surface area contributed by atoms with Crippen molar-refractivity contribution in [3.63, 3.8) is 0 Å². The van der Waals surface area contributed by atoms with Crippen LogP contribution in [0.25, 0.3) is 0 Å². The number of aryl methyl sites for hydroxylation is 2. The molecule has 2 aliphatic rings. The van der Waals surface area contributed by atoms with Crippen LogP contribution in [0, 0.1) is 11.3 Å². The minimum atomic E-state index is 0.209. The third kappa shape index (κ3) is 3.02. The van der Waals surface area contributed by atoms with E-state index in [1.165, 1.54) is 11.3 Å². The Labute approximate surface area is 125 Å². The van der Waals surface area contributed by atoms with Crippen molar-refractivity contribution >= 4 is 5.82 Å². The molecule has 0 saturated carbocycles. The summed E-state index contributed by atoms with van der Waals surface area (Å²) >= 11 is 0. The van der Waals surface area contributed by atoms with Crippen molar-refractivity contribution in [1.29, 1.82) is 5.26 Å². The molecule has 1 N–H and O–H groups in total. The maximum Gasteiger partial charge on any atom is 0.146 e. The molecule has 1 saturated heterocycles. The van der Waals surface area contributed by atoms with Gasteiger partial charge in [-0.25, -0.2) is 4.98 Å². The summed E-state index contributed by atoms with van der Waals surface area (Å²) in [5.41, 5.74) is 3.15. The lowest BCUT2D eigenvalue weighted by Crippen LogP contribution is -2.33. The zero-order valence-electron chi connectivity index (χ0n) is 12.4. The summed E-state index contributed by atoms with van der Waals surface area (Å²) < 4.78 is 0. The molecule has 1 aromatic heterocycles. The molecule has 0 spiro atoms. The van der Waals surface area contributed by atoms with Crippen LogP contribution in [0.15, 0.2) is 6.07 Å². The minimum absolute atomic E-state index is 0.209. The number of aliphatic hydroxyl groups excluding tert-OH is 1. The van der Waals surface area contributed by atoms with Crippen LogP contribution < -0.4 is 4.90 Å². The number of aliphatic hydroxyl groups is 1. The summed E-state index contributed by atoms with van der Waals surface area (Å²) in [4.78, 5) is 9.32. The molecule has 5 nitrogen and oxygen atoms in total. The van der Waals surface area contributed by atoms with Gasteiger partial charge in [-0.1, -0.05) is 0 Å². The summed E-state index contributed by atoms with van der Waals surface area (Å²) in [5, 5.41) is 18.5. The second kappa shape index (κ2) is 6.42.